The van der Waals surface area contributed by atoms with Crippen LogP contribution in [-0.4, -0.2) is 23.2 Å². The van der Waals surface area contributed by atoms with Gasteiger partial charge < -0.3 is 9.84 Å². The Morgan fingerprint density at radius 3 is 2.71 bits per heavy atom. The highest BCUT2D eigenvalue weighted by molar-refractivity contribution is 9.10. The third kappa shape index (κ3) is 3.14. The van der Waals surface area contributed by atoms with E-state index in [1.807, 2.05) is 31.3 Å². The zero-order chi connectivity index (χ0) is 12.3. The van der Waals surface area contributed by atoms with Gasteiger partial charge in [-0.2, -0.15) is 4.98 Å². The van der Waals surface area contributed by atoms with E-state index in [9.17, 15) is 0 Å². The van der Waals surface area contributed by atoms with Crippen LogP contribution in [-0.2, 0) is 6.42 Å². The molecule has 0 aliphatic rings. The summed E-state index contributed by atoms with van der Waals surface area (Å²) in [5, 5.41) is 7.11. The van der Waals surface area contributed by atoms with E-state index in [0.717, 1.165) is 16.5 Å². The molecule has 90 valence electrons. The van der Waals surface area contributed by atoms with Gasteiger partial charge in [-0.1, -0.05) is 21.1 Å². The second-order valence-electron chi connectivity index (χ2n) is 3.91. The molecule has 0 spiro atoms. The van der Waals surface area contributed by atoms with Crippen molar-refractivity contribution in [2.45, 2.75) is 19.4 Å². The predicted molar refractivity (Wildman–Crippen MR) is 69.7 cm³/mol. The minimum absolute atomic E-state index is 0.327. The highest BCUT2D eigenvalue weighted by Gasteiger charge is 2.10. The molecule has 1 atom stereocenters. The van der Waals surface area contributed by atoms with Gasteiger partial charge in [0.15, 0.2) is 0 Å². The number of likely N-dealkylation sites (N-methyl/N-ethyl adjacent to an activating group) is 1. The molecular formula is C12H14BrN3O. The van der Waals surface area contributed by atoms with Crippen molar-refractivity contribution in [3.8, 4) is 11.4 Å². The normalized spacial score (nSPS) is 12.6. The number of hydrogen-bond acceptors (Lipinski definition) is 4. The molecule has 1 heterocycles. The van der Waals surface area contributed by atoms with E-state index < -0.39 is 0 Å². The lowest BCUT2D eigenvalue weighted by Gasteiger charge is -2.04. The fraction of sp³-hybridized carbons (Fsp3) is 0.333. The molecule has 1 aromatic carbocycles. The van der Waals surface area contributed by atoms with Crippen molar-refractivity contribution in [1.29, 1.82) is 0 Å². The maximum Gasteiger partial charge on any atom is 0.228 e. The highest BCUT2D eigenvalue weighted by atomic mass is 79.9. The molecule has 0 saturated heterocycles. The monoisotopic (exact) mass is 295 g/mol. The number of hydrogen-bond donors (Lipinski definition) is 1. The molecule has 5 heteroatoms. The minimum atomic E-state index is 0.327. The average molecular weight is 296 g/mol. The summed E-state index contributed by atoms with van der Waals surface area (Å²) in [5.41, 5.74) is 0.959. The number of nitrogens with zero attached hydrogens (tertiary/aromatic N) is 2. The van der Waals surface area contributed by atoms with Gasteiger partial charge in [-0.25, -0.2) is 0 Å². The van der Waals surface area contributed by atoms with E-state index in [1.165, 1.54) is 0 Å². The van der Waals surface area contributed by atoms with Crippen LogP contribution in [0.5, 0.6) is 0 Å². The van der Waals surface area contributed by atoms with Crippen LogP contribution in [0, 0.1) is 0 Å². The fourth-order valence-corrected chi connectivity index (χ4v) is 1.68. The molecule has 1 N–H and O–H groups in total. The summed E-state index contributed by atoms with van der Waals surface area (Å²) < 4.78 is 6.24. The van der Waals surface area contributed by atoms with Crippen LogP contribution in [0.4, 0.5) is 0 Å². The van der Waals surface area contributed by atoms with Crippen molar-refractivity contribution in [1.82, 2.24) is 15.5 Å². The van der Waals surface area contributed by atoms with Gasteiger partial charge in [0.05, 0.1) is 0 Å². The number of halogens is 1. The first-order valence-corrected chi connectivity index (χ1v) is 6.24. The van der Waals surface area contributed by atoms with Crippen molar-refractivity contribution in [2.24, 2.45) is 0 Å². The highest BCUT2D eigenvalue weighted by Crippen LogP contribution is 2.19. The Morgan fingerprint density at radius 2 is 2.06 bits per heavy atom. The average Bonchev–Trinajstić information content (AvgIpc) is 2.78. The van der Waals surface area contributed by atoms with E-state index in [0.29, 0.717) is 17.8 Å². The van der Waals surface area contributed by atoms with Gasteiger partial charge in [0.2, 0.25) is 11.7 Å². The maximum atomic E-state index is 5.21. The van der Waals surface area contributed by atoms with Crippen LogP contribution in [0.25, 0.3) is 11.4 Å². The quantitative estimate of drug-likeness (QED) is 0.942. The zero-order valence-electron chi connectivity index (χ0n) is 9.77. The van der Waals surface area contributed by atoms with Crippen LogP contribution in [0.15, 0.2) is 33.3 Å². The zero-order valence-corrected chi connectivity index (χ0v) is 11.4. The first-order chi connectivity index (χ1) is 8.19. The molecule has 0 aliphatic heterocycles. The largest absolute Gasteiger partial charge is 0.339 e. The predicted octanol–water partition coefficient (Wildman–Crippen LogP) is 2.65. The summed E-state index contributed by atoms with van der Waals surface area (Å²) in [5.74, 6) is 1.29. The SMILES string of the molecule is CNC(C)Cc1nc(-c2ccc(Br)cc2)no1. The van der Waals surface area contributed by atoms with Gasteiger partial charge in [0, 0.05) is 22.5 Å². The van der Waals surface area contributed by atoms with E-state index >= 15 is 0 Å². The van der Waals surface area contributed by atoms with Gasteiger partial charge >= 0.3 is 0 Å². The van der Waals surface area contributed by atoms with E-state index in [2.05, 4.69) is 38.3 Å². The number of nitrogens with one attached hydrogen (secondary N) is 1. The number of aromatic nitrogens is 2. The first kappa shape index (κ1) is 12.3. The molecule has 0 fully saturated rings. The lowest BCUT2D eigenvalue weighted by atomic mass is 10.2. The molecule has 0 bridgehead atoms. The lowest BCUT2D eigenvalue weighted by molar-refractivity contribution is 0.365. The van der Waals surface area contributed by atoms with Crippen molar-refractivity contribution < 1.29 is 4.52 Å². The van der Waals surface area contributed by atoms with E-state index in [4.69, 9.17) is 4.52 Å². The molecule has 1 aromatic heterocycles. The molecule has 2 aromatic rings. The molecule has 0 saturated carbocycles. The Balaban J connectivity index is 2.15. The smallest absolute Gasteiger partial charge is 0.228 e. The molecule has 17 heavy (non-hydrogen) atoms. The van der Waals surface area contributed by atoms with Gasteiger partial charge in [0.1, 0.15) is 0 Å². The molecular weight excluding hydrogens is 282 g/mol. The Morgan fingerprint density at radius 1 is 1.35 bits per heavy atom. The summed E-state index contributed by atoms with van der Waals surface area (Å²) in [7, 11) is 1.91. The number of rotatable bonds is 4. The molecule has 0 amide bonds. The molecule has 2 rings (SSSR count). The Labute approximate surface area is 109 Å². The Hall–Kier alpha value is -1.20. The lowest BCUT2D eigenvalue weighted by Crippen LogP contribution is -2.23. The summed E-state index contributed by atoms with van der Waals surface area (Å²) in [6, 6.07) is 8.16. The van der Waals surface area contributed by atoms with Crippen molar-refractivity contribution in [2.75, 3.05) is 7.05 Å². The summed E-state index contributed by atoms with van der Waals surface area (Å²) in [4.78, 5) is 4.37. The number of benzene rings is 1. The van der Waals surface area contributed by atoms with Crippen LogP contribution < -0.4 is 5.32 Å². The topological polar surface area (TPSA) is 51.0 Å². The van der Waals surface area contributed by atoms with Gasteiger partial charge in [-0.15, -0.1) is 0 Å². The van der Waals surface area contributed by atoms with Crippen LogP contribution in [0.3, 0.4) is 0 Å². The minimum Gasteiger partial charge on any atom is -0.339 e. The standard InChI is InChI=1S/C12H14BrN3O/c1-8(14-2)7-11-15-12(16-17-11)9-3-5-10(13)6-4-9/h3-6,8,14H,7H2,1-2H3. The van der Waals surface area contributed by atoms with Gasteiger partial charge in [-0.05, 0) is 38.2 Å². The molecule has 1 unspecified atom stereocenters. The Kier molecular flexibility index (Phi) is 3.91. The van der Waals surface area contributed by atoms with Gasteiger partial charge in [0.25, 0.3) is 0 Å². The van der Waals surface area contributed by atoms with E-state index in [1.54, 1.807) is 0 Å². The molecule has 0 radical (unpaired) electrons. The maximum absolute atomic E-state index is 5.21. The third-order valence-corrected chi connectivity index (χ3v) is 3.07. The van der Waals surface area contributed by atoms with Crippen molar-refractivity contribution >= 4 is 15.9 Å². The van der Waals surface area contributed by atoms with E-state index in [-0.39, 0.29) is 0 Å². The first-order valence-electron chi connectivity index (χ1n) is 5.45. The second kappa shape index (κ2) is 5.42. The van der Waals surface area contributed by atoms with Gasteiger partial charge in [-0.3, -0.25) is 0 Å². The third-order valence-electron chi connectivity index (χ3n) is 2.54. The van der Waals surface area contributed by atoms with Crippen LogP contribution >= 0.6 is 15.9 Å². The van der Waals surface area contributed by atoms with Crippen molar-refractivity contribution in [3.63, 3.8) is 0 Å². The molecule has 4 nitrogen and oxygen atoms in total. The molecule has 0 aliphatic carbocycles. The fourth-order valence-electron chi connectivity index (χ4n) is 1.42. The van der Waals surface area contributed by atoms with Crippen LogP contribution in [0.1, 0.15) is 12.8 Å². The summed E-state index contributed by atoms with van der Waals surface area (Å²) >= 11 is 3.39. The summed E-state index contributed by atoms with van der Waals surface area (Å²) in [6.07, 6.45) is 0.736. The van der Waals surface area contributed by atoms with Crippen LogP contribution in [0.2, 0.25) is 0 Å². The van der Waals surface area contributed by atoms with Crippen molar-refractivity contribution in [3.05, 3.63) is 34.6 Å². The second-order valence-corrected chi connectivity index (χ2v) is 4.83. The summed E-state index contributed by atoms with van der Waals surface area (Å²) in [6.45, 7) is 2.07. The Bertz CT molecular complexity index is 481.